The van der Waals surface area contributed by atoms with E-state index in [9.17, 15) is 24.6 Å². The molecule has 0 aliphatic carbocycles. The number of hydrogen-bond acceptors (Lipinski definition) is 6. The summed E-state index contributed by atoms with van der Waals surface area (Å²) in [5.41, 5.74) is 6.41. The first-order chi connectivity index (χ1) is 11.6. The maximum Gasteiger partial charge on any atom is 0.327 e. The Morgan fingerprint density at radius 2 is 1.92 bits per heavy atom. The van der Waals surface area contributed by atoms with Crippen molar-refractivity contribution in [1.29, 1.82) is 0 Å². The normalized spacial score (nSPS) is 28.0. The molecule has 0 radical (unpaired) electrons. The van der Waals surface area contributed by atoms with E-state index in [4.69, 9.17) is 5.73 Å². The van der Waals surface area contributed by atoms with Crippen molar-refractivity contribution in [2.75, 3.05) is 0 Å². The molecular formula is C16H19N3O5S. The number of amides is 2. The van der Waals surface area contributed by atoms with E-state index >= 15 is 0 Å². The average molecular weight is 365 g/mol. The maximum atomic E-state index is 12.3. The van der Waals surface area contributed by atoms with Crippen LogP contribution in [0.1, 0.15) is 25.5 Å². The van der Waals surface area contributed by atoms with E-state index in [1.807, 2.05) is 0 Å². The number of fused-ring (bicyclic) bond motifs is 1. The van der Waals surface area contributed by atoms with Crippen LogP contribution >= 0.6 is 11.8 Å². The van der Waals surface area contributed by atoms with E-state index in [1.165, 1.54) is 40.9 Å². The van der Waals surface area contributed by atoms with Gasteiger partial charge in [-0.3, -0.25) is 9.59 Å². The van der Waals surface area contributed by atoms with Crippen molar-refractivity contribution < 1.29 is 24.6 Å². The Labute approximate surface area is 148 Å². The number of nitrogens with two attached hydrogens (primary N) is 1. The van der Waals surface area contributed by atoms with Crippen LogP contribution in [-0.2, 0) is 14.4 Å². The number of phenolic OH excluding ortho intramolecular Hbond substituents is 1. The average Bonchev–Trinajstić information content (AvgIpc) is 2.80. The lowest BCUT2D eigenvalue weighted by Crippen LogP contribution is -2.71. The van der Waals surface area contributed by atoms with Crippen molar-refractivity contribution in [3.63, 3.8) is 0 Å². The van der Waals surface area contributed by atoms with Gasteiger partial charge in [0, 0.05) is 4.75 Å². The third-order valence-corrected chi connectivity index (χ3v) is 6.08. The summed E-state index contributed by atoms with van der Waals surface area (Å²) in [7, 11) is 0. The number of carbonyl (C=O) groups excluding carboxylic acids is 2. The second-order valence-electron chi connectivity index (χ2n) is 6.65. The smallest absolute Gasteiger partial charge is 0.327 e. The van der Waals surface area contributed by atoms with Gasteiger partial charge in [-0.2, -0.15) is 0 Å². The molecule has 1 aromatic rings. The molecule has 0 spiro atoms. The molecule has 2 saturated heterocycles. The van der Waals surface area contributed by atoms with E-state index in [-0.39, 0.29) is 5.75 Å². The predicted octanol–water partition coefficient (Wildman–Crippen LogP) is 0.0237. The fraction of sp³-hybridized carbons (Fsp3) is 0.438. The Bertz CT molecular complexity index is 736. The highest BCUT2D eigenvalue weighted by Crippen LogP contribution is 2.50. The molecule has 2 fully saturated rings. The minimum absolute atomic E-state index is 0.0606. The van der Waals surface area contributed by atoms with Gasteiger partial charge in [0.15, 0.2) is 0 Å². The van der Waals surface area contributed by atoms with Crippen molar-refractivity contribution in [3.05, 3.63) is 29.8 Å². The largest absolute Gasteiger partial charge is 0.508 e. The highest BCUT2D eigenvalue weighted by atomic mass is 32.2. The molecule has 5 N–H and O–H groups in total. The highest BCUT2D eigenvalue weighted by molar-refractivity contribution is 8.01. The quantitative estimate of drug-likeness (QED) is 0.553. The number of aliphatic carboxylic acids is 1. The first-order valence-corrected chi connectivity index (χ1v) is 8.59. The van der Waals surface area contributed by atoms with Gasteiger partial charge in [-0.15, -0.1) is 11.8 Å². The summed E-state index contributed by atoms with van der Waals surface area (Å²) in [5.74, 6) is -1.94. The topological polar surface area (TPSA) is 133 Å². The van der Waals surface area contributed by atoms with Crippen molar-refractivity contribution in [2.24, 2.45) is 5.73 Å². The molecule has 8 nitrogen and oxygen atoms in total. The van der Waals surface area contributed by atoms with E-state index in [2.05, 4.69) is 5.32 Å². The number of benzene rings is 1. The van der Waals surface area contributed by atoms with Crippen LogP contribution in [0, 0.1) is 0 Å². The Morgan fingerprint density at radius 3 is 2.48 bits per heavy atom. The second-order valence-corrected chi connectivity index (χ2v) is 8.42. The number of carboxylic acids is 1. The van der Waals surface area contributed by atoms with Crippen molar-refractivity contribution in [2.45, 2.75) is 42.1 Å². The third kappa shape index (κ3) is 2.83. The zero-order chi connectivity index (χ0) is 18.5. The van der Waals surface area contributed by atoms with Gasteiger partial charge in [-0.1, -0.05) is 12.1 Å². The van der Waals surface area contributed by atoms with Crippen LogP contribution in [0.25, 0.3) is 0 Å². The molecule has 1 aromatic carbocycles. The summed E-state index contributed by atoms with van der Waals surface area (Å²) < 4.78 is -0.648. The number of nitrogens with zero attached hydrogens (tertiary/aromatic N) is 1. The number of phenols is 1. The van der Waals surface area contributed by atoms with E-state index in [1.54, 1.807) is 13.8 Å². The lowest BCUT2D eigenvalue weighted by molar-refractivity contribution is -0.161. The monoisotopic (exact) mass is 365 g/mol. The molecule has 0 saturated carbocycles. The minimum atomic E-state index is -1.06. The highest BCUT2D eigenvalue weighted by Gasteiger charge is 2.64. The number of β-lactam (4-membered cyclic amide) rings is 1. The Hall–Kier alpha value is -2.26. The van der Waals surface area contributed by atoms with Gasteiger partial charge in [-0.25, -0.2) is 4.79 Å². The number of nitrogens with one attached hydrogen (secondary N) is 1. The van der Waals surface area contributed by atoms with Crippen LogP contribution in [0.5, 0.6) is 5.75 Å². The van der Waals surface area contributed by atoms with Crippen molar-refractivity contribution in [3.8, 4) is 5.75 Å². The van der Waals surface area contributed by atoms with Crippen LogP contribution in [0.2, 0.25) is 0 Å². The van der Waals surface area contributed by atoms with E-state index in [0.29, 0.717) is 5.56 Å². The molecule has 0 unspecified atom stereocenters. The number of rotatable bonds is 4. The standard InChI is InChI=1S/C16H19N3O5S/c1-16(2)11(15(23)24)19-13(22)10(14(19)25-16)18-12(21)9(17)7-3-5-8(20)6-4-7/h3-6,9-11,14,20H,17H2,1-2H3,(H,18,21)(H,23,24)/t9-,10-,11-,14+/m1/s1. The second kappa shape index (κ2) is 5.92. The fourth-order valence-electron chi connectivity index (χ4n) is 3.22. The van der Waals surface area contributed by atoms with Gasteiger partial charge < -0.3 is 26.2 Å². The number of thioether (sulfide) groups is 1. The van der Waals surface area contributed by atoms with Crippen LogP contribution in [-0.4, -0.2) is 55.1 Å². The van der Waals surface area contributed by atoms with Crippen molar-refractivity contribution >= 4 is 29.5 Å². The van der Waals surface area contributed by atoms with Gasteiger partial charge in [0.2, 0.25) is 11.8 Å². The molecule has 25 heavy (non-hydrogen) atoms. The lowest BCUT2D eigenvalue weighted by atomic mass is 9.95. The zero-order valence-electron chi connectivity index (χ0n) is 13.7. The van der Waals surface area contributed by atoms with Crippen LogP contribution in [0.4, 0.5) is 0 Å². The van der Waals surface area contributed by atoms with Crippen molar-refractivity contribution in [1.82, 2.24) is 10.2 Å². The molecule has 9 heteroatoms. The first kappa shape index (κ1) is 17.6. The molecule has 2 aliphatic rings. The van der Waals surface area contributed by atoms with Crippen LogP contribution in [0.3, 0.4) is 0 Å². The third-order valence-electron chi connectivity index (χ3n) is 4.51. The maximum absolute atomic E-state index is 12.3. The molecule has 134 valence electrons. The SMILES string of the molecule is CC1(C)S[C@H]2[C@H](NC(=O)[C@H](N)c3ccc(O)cc3)C(=O)N2[C@@H]1C(=O)O. The lowest BCUT2D eigenvalue weighted by Gasteiger charge is -2.43. The first-order valence-electron chi connectivity index (χ1n) is 7.71. The number of carbonyl (C=O) groups is 3. The van der Waals surface area contributed by atoms with Gasteiger partial charge in [0.1, 0.15) is 29.2 Å². The van der Waals surface area contributed by atoms with Gasteiger partial charge in [0.25, 0.3) is 0 Å². The molecule has 2 amide bonds. The van der Waals surface area contributed by atoms with Crippen LogP contribution < -0.4 is 11.1 Å². The summed E-state index contributed by atoms with van der Waals surface area (Å²) in [6.45, 7) is 3.53. The molecule has 2 aliphatic heterocycles. The number of aromatic hydroxyl groups is 1. The van der Waals surface area contributed by atoms with Gasteiger partial charge in [0.05, 0.1) is 0 Å². The van der Waals surface area contributed by atoms with E-state index < -0.39 is 46.0 Å². The fourth-order valence-corrected chi connectivity index (χ4v) is 4.85. The number of hydrogen-bond donors (Lipinski definition) is 4. The van der Waals surface area contributed by atoms with Gasteiger partial charge >= 0.3 is 5.97 Å². The molecule has 0 aromatic heterocycles. The minimum Gasteiger partial charge on any atom is -0.508 e. The zero-order valence-corrected chi connectivity index (χ0v) is 14.5. The Balaban J connectivity index is 1.70. The summed E-state index contributed by atoms with van der Waals surface area (Å²) in [6, 6.07) is 3.21. The summed E-state index contributed by atoms with van der Waals surface area (Å²) >= 11 is 1.35. The predicted molar refractivity (Wildman–Crippen MR) is 90.7 cm³/mol. The van der Waals surface area contributed by atoms with Crippen LogP contribution in [0.15, 0.2) is 24.3 Å². The number of carboxylic acid groups (broad SMARTS) is 1. The van der Waals surface area contributed by atoms with E-state index in [0.717, 1.165) is 0 Å². The summed E-state index contributed by atoms with van der Waals surface area (Å²) in [6.07, 6.45) is 0. The summed E-state index contributed by atoms with van der Waals surface area (Å²) in [5, 5.41) is 20.9. The molecule has 4 atom stereocenters. The Kier molecular flexibility index (Phi) is 4.16. The summed E-state index contributed by atoms with van der Waals surface area (Å²) in [4.78, 5) is 37.5. The Morgan fingerprint density at radius 1 is 1.32 bits per heavy atom. The molecule has 2 heterocycles. The molecular weight excluding hydrogens is 346 g/mol. The molecule has 0 bridgehead atoms. The molecule has 3 rings (SSSR count). The van der Waals surface area contributed by atoms with Gasteiger partial charge in [-0.05, 0) is 31.5 Å².